The number of aliphatic imine (C=N–C) groups is 1. The number of aromatic amines is 1. The number of H-pyrrole nitrogens is 1. The molecule has 0 spiro atoms. The van der Waals surface area contributed by atoms with E-state index in [0.29, 0.717) is 5.39 Å². The van der Waals surface area contributed by atoms with E-state index in [1.54, 1.807) is 6.07 Å². The minimum Gasteiger partial charge on any atom is -0.325 e. The van der Waals surface area contributed by atoms with Crippen LogP contribution >= 0.6 is 11.6 Å². The second kappa shape index (κ2) is 8.93. The van der Waals surface area contributed by atoms with Gasteiger partial charge in [-0.2, -0.15) is 10.1 Å². The van der Waals surface area contributed by atoms with Crippen LogP contribution < -0.4 is 10.6 Å². The lowest BCUT2D eigenvalue weighted by Crippen LogP contribution is -2.36. The first-order valence-electron chi connectivity index (χ1n) is 9.26. The van der Waals surface area contributed by atoms with Gasteiger partial charge < -0.3 is 5.32 Å². The summed E-state index contributed by atoms with van der Waals surface area (Å²) in [5, 5.41) is 12.7. The van der Waals surface area contributed by atoms with Gasteiger partial charge in [0, 0.05) is 16.1 Å². The minimum atomic E-state index is -0.558. The standard InChI is InChI=1S/C22H16ClF2N5O/c23-14-10-15(24)12-16(11-14)26-22(27-19(31)9-13-5-2-1-3-6-13)28-21-17-7-4-8-18(25)20(17)29-30-21/h1-8,10-12H,9H2,(H3,26,27,28,29,30,31). The first kappa shape index (κ1) is 20.5. The summed E-state index contributed by atoms with van der Waals surface area (Å²) >= 11 is 5.92. The molecule has 0 saturated heterocycles. The summed E-state index contributed by atoms with van der Waals surface area (Å²) in [5.41, 5.74) is 1.26. The summed E-state index contributed by atoms with van der Waals surface area (Å²) in [7, 11) is 0. The number of aromatic nitrogens is 2. The third-order valence-corrected chi connectivity index (χ3v) is 4.55. The van der Waals surface area contributed by atoms with E-state index in [0.717, 1.165) is 11.6 Å². The molecule has 0 unspecified atom stereocenters. The van der Waals surface area contributed by atoms with Gasteiger partial charge in [0.15, 0.2) is 5.82 Å². The van der Waals surface area contributed by atoms with E-state index in [2.05, 4.69) is 25.8 Å². The number of hydrogen-bond acceptors (Lipinski definition) is 3. The number of hydrogen-bond donors (Lipinski definition) is 3. The number of rotatable bonds is 4. The fraction of sp³-hybridized carbons (Fsp3) is 0.0455. The molecule has 3 aromatic carbocycles. The number of amides is 1. The summed E-state index contributed by atoms with van der Waals surface area (Å²) in [5.74, 6) is -1.26. The normalized spacial score (nSPS) is 11.5. The van der Waals surface area contributed by atoms with Crippen LogP contribution in [-0.2, 0) is 11.2 Å². The largest absolute Gasteiger partial charge is 0.325 e. The quantitative estimate of drug-likeness (QED) is 0.311. The van der Waals surface area contributed by atoms with Gasteiger partial charge in [0.25, 0.3) is 0 Å². The van der Waals surface area contributed by atoms with Crippen molar-refractivity contribution in [1.29, 1.82) is 0 Å². The molecule has 4 rings (SSSR count). The Hall–Kier alpha value is -3.78. The third kappa shape index (κ3) is 5.04. The van der Waals surface area contributed by atoms with E-state index in [-0.39, 0.29) is 40.3 Å². The molecular weight excluding hydrogens is 424 g/mol. The minimum absolute atomic E-state index is 0.0136. The molecule has 9 heteroatoms. The number of carbonyl (C=O) groups excluding carboxylic acids is 1. The molecule has 6 nitrogen and oxygen atoms in total. The average Bonchev–Trinajstić information content (AvgIpc) is 3.12. The lowest BCUT2D eigenvalue weighted by atomic mass is 10.1. The number of nitrogens with one attached hydrogen (secondary N) is 3. The van der Waals surface area contributed by atoms with Gasteiger partial charge in [-0.1, -0.05) is 48.0 Å². The number of fused-ring (bicyclic) bond motifs is 1. The number of carbonyl (C=O) groups is 1. The van der Waals surface area contributed by atoms with Gasteiger partial charge in [-0.3, -0.25) is 15.2 Å². The number of benzene rings is 3. The van der Waals surface area contributed by atoms with E-state index in [4.69, 9.17) is 11.6 Å². The van der Waals surface area contributed by atoms with Gasteiger partial charge >= 0.3 is 0 Å². The van der Waals surface area contributed by atoms with Gasteiger partial charge in [-0.05, 0) is 35.9 Å². The fourth-order valence-electron chi connectivity index (χ4n) is 2.99. The second-order valence-electron chi connectivity index (χ2n) is 6.66. The fourth-order valence-corrected chi connectivity index (χ4v) is 3.21. The monoisotopic (exact) mass is 439 g/mol. The molecule has 1 heterocycles. The number of halogens is 3. The van der Waals surface area contributed by atoms with Crippen LogP contribution in [0.3, 0.4) is 0 Å². The van der Waals surface area contributed by atoms with Gasteiger partial charge in [0.1, 0.15) is 17.2 Å². The maximum atomic E-state index is 14.0. The molecule has 1 amide bonds. The maximum absolute atomic E-state index is 14.0. The van der Waals surface area contributed by atoms with Crippen LogP contribution in [-0.4, -0.2) is 22.1 Å². The van der Waals surface area contributed by atoms with Crippen LogP contribution in [0.5, 0.6) is 0 Å². The van der Waals surface area contributed by atoms with Crippen molar-refractivity contribution in [2.75, 3.05) is 5.32 Å². The number of para-hydroxylation sites is 1. The zero-order valence-corrected chi connectivity index (χ0v) is 16.8. The van der Waals surface area contributed by atoms with Crippen molar-refractivity contribution in [3.63, 3.8) is 0 Å². The summed E-state index contributed by atoms with van der Waals surface area (Å²) < 4.78 is 27.7. The highest BCUT2D eigenvalue weighted by atomic mass is 35.5. The summed E-state index contributed by atoms with van der Waals surface area (Å²) in [6.45, 7) is 0. The van der Waals surface area contributed by atoms with Crippen LogP contribution in [0, 0.1) is 11.6 Å². The molecule has 156 valence electrons. The molecule has 0 fully saturated rings. The first-order chi connectivity index (χ1) is 15.0. The molecular formula is C22H16ClF2N5O. The van der Waals surface area contributed by atoms with Crippen molar-refractivity contribution >= 4 is 45.9 Å². The van der Waals surface area contributed by atoms with Crippen LogP contribution in [0.2, 0.25) is 5.02 Å². The van der Waals surface area contributed by atoms with E-state index in [9.17, 15) is 13.6 Å². The zero-order valence-electron chi connectivity index (χ0n) is 16.0. The lowest BCUT2D eigenvalue weighted by Gasteiger charge is -2.12. The van der Waals surface area contributed by atoms with Gasteiger partial charge in [-0.15, -0.1) is 0 Å². The van der Waals surface area contributed by atoms with Crippen LogP contribution in [0.15, 0.2) is 71.7 Å². The SMILES string of the molecule is O=C(Cc1ccccc1)NC(=Nc1n[nH]c2c(F)cccc12)Nc1cc(F)cc(Cl)c1. The summed E-state index contributed by atoms with van der Waals surface area (Å²) in [4.78, 5) is 16.9. The van der Waals surface area contributed by atoms with Crippen LogP contribution in [0.4, 0.5) is 20.3 Å². The molecule has 4 aromatic rings. The number of anilines is 1. The number of guanidine groups is 1. The third-order valence-electron chi connectivity index (χ3n) is 4.34. The Morgan fingerprint density at radius 3 is 2.65 bits per heavy atom. The van der Waals surface area contributed by atoms with Crippen molar-refractivity contribution < 1.29 is 13.6 Å². The molecule has 0 atom stereocenters. The Bertz CT molecular complexity index is 1250. The molecule has 0 bridgehead atoms. The van der Waals surface area contributed by atoms with Crippen molar-refractivity contribution in [2.24, 2.45) is 4.99 Å². The Morgan fingerprint density at radius 1 is 1.06 bits per heavy atom. The van der Waals surface area contributed by atoms with E-state index < -0.39 is 11.6 Å². The van der Waals surface area contributed by atoms with E-state index in [1.165, 1.54) is 24.3 Å². The Kier molecular flexibility index (Phi) is 5.90. The van der Waals surface area contributed by atoms with E-state index >= 15 is 0 Å². The van der Waals surface area contributed by atoms with E-state index in [1.807, 2.05) is 30.3 Å². The van der Waals surface area contributed by atoms with Gasteiger partial charge in [-0.25, -0.2) is 8.78 Å². The van der Waals surface area contributed by atoms with Gasteiger partial charge in [0.2, 0.25) is 11.9 Å². The molecule has 0 aliphatic rings. The molecule has 31 heavy (non-hydrogen) atoms. The Labute approximate surface area is 181 Å². The van der Waals surface area contributed by atoms with Crippen molar-refractivity contribution in [3.8, 4) is 0 Å². The molecule has 1 aromatic heterocycles. The topological polar surface area (TPSA) is 82.2 Å². The number of nitrogens with zero attached hydrogens (tertiary/aromatic N) is 2. The van der Waals surface area contributed by atoms with Crippen molar-refractivity contribution in [1.82, 2.24) is 15.5 Å². The predicted octanol–water partition coefficient (Wildman–Crippen LogP) is 4.95. The Balaban J connectivity index is 1.66. The maximum Gasteiger partial charge on any atom is 0.231 e. The Morgan fingerprint density at radius 2 is 1.87 bits per heavy atom. The van der Waals surface area contributed by atoms with Gasteiger partial charge in [0.05, 0.1) is 6.42 Å². The average molecular weight is 440 g/mol. The second-order valence-corrected chi connectivity index (χ2v) is 7.10. The predicted molar refractivity (Wildman–Crippen MR) is 116 cm³/mol. The molecule has 0 aliphatic carbocycles. The highest BCUT2D eigenvalue weighted by molar-refractivity contribution is 6.31. The molecule has 3 N–H and O–H groups in total. The van der Waals surface area contributed by atoms with Crippen LogP contribution in [0.25, 0.3) is 10.9 Å². The lowest BCUT2D eigenvalue weighted by molar-refractivity contribution is -0.119. The molecule has 0 radical (unpaired) electrons. The van der Waals surface area contributed by atoms with Crippen molar-refractivity contribution in [2.45, 2.75) is 6.42 Å². The first-order valence-corrected chi connectivity index (χ1v) is 9.64. The summed E-state index contributed by atoms with van der Waals surface area (Å²) in [6.07, 6.45) is 0.0986. The smallest absolute Gasteiger partial charge is 0.231 e. The zero-order chi connectivity index (χ0) is 21.8. The molecule has 0 saturated carbocycles. The van der Waals surface area contributed by atoms with Crippen molar-refractivity contribution in [3.05, 3.63) is 89.0 Å². The molecule has 0 aliphatic heterocycles. The highest BCUT2D eigenvalue weighted by Crippen LogP contribution is 2.25. The van der Waals surface area contributed by atoms with Crippen LogP contribution in [0.1, 0.15) is 5.56 Å². The highest BCUT2D eigenvalue weighted by Gasteiger charge is 2.13. The summed E-state index contributed by atoms with van der Waals surface area (Å²) in [6, 6.07) is 17.4.